The van der Waals surface area contributed by atoms with Gasteiger partial charge in [-0.25, -0.2) is 30.7 Å². The largest absolute Gasteiger partial charge is 0.432 e. The smallest absolute Gasteiger partial charge is 0.432 e. The van der Waals surface area contributed by atoms with Crippen molar-refractivity contribution >= 4 is 0 Å². The van der Waals surface area contributed by atoms with Gasteiger partial charge in [0.15, 0.2) is 17.5 Å². The molecule has 0 aliphatic heterocycles. The van der Waals surface area contributed by atoms with Crippen LogP contribution in [0.1, 0.15) is 87.3 Å². The fourth-order valence-corrected chi connectivity index (χ4v) is 6.59. The Morgan fingerprint density at radius 1 is 0.615 bits per heavy atom. The van der Waals surface area contributed by atoms with E-state index in [1.54, 1.807) is 12.1 Å². The average Bonchev–Trinajstić information content (AvgIpc) is 3.06. The molecule has 1 saturated carbocycles. The van der Waals surface area contributed by atoms with Crippen LogP contribution >= 0.6 is 0 Å². The van der Waals surface area contributed by atoms with E-state index >= 15 is 17.6 Å². The second-order valence-corrected chi connectivity index (χ2v) is 13.1. The summed E-state index contributed by atoms with van der Waals surface area (Å²) in [6, 6.07) is 9.09. The monoisotopic (exact) mass is 744 g/mol. The van der Waals surface area contributed by atoms with Crippen LogP contribution in [0.15, 0.2) is 60.7 Å². The van der Waals surface area contributed by atoms with E-state index in [9.17, 15) is 30.7 Å². The van der Waals surface area contributed by atoms with Gasteiger partial charge in [0, 0.05) is 29.8 Å². The van der Waals surface area contributed by atoms with Gasteiger partial charge in [0.05, 0.1) is 6.42 Å². The number of rotatable bonds is 14. The molecule has 4 aromatic rings. The molecule has 52 heavy (non-hydrogen) atoms. The topological polar surface area (TPSA) is 18.5 Å². The van der Waals surface area contributed by atoms with Crippen LogP contribution in [0.5, 0.6) is 11.5 Å². The SMILES string of the molecule is CCCCCC1CCC(c2ccc(-c3cc(F)c(C(F)(F)Oc4cc(F)c(CCC(F)(F)Oc5cc(F)c(F)c(F)c5)c(F)c4)c(F)c3)cc2)CC1. The molecule has 280 valence electrons. The summed E-state index contributed by atoms with van der Waals surface area (Å²) in [7, 11) is 0. The second-order valence-electron chi connectivity index (χ2n) is 13.1. The molecule has 0 atom stereocenters. The number of halogens is 11. The summed E-state index contributed by atoms with van der Waals surface area (Å²) in [5.41, 5.74) is -1.42. The van der Waals surface area contributed by atoms with Crippen molar-refractivity contribution in [2.45, 2.75) is 89.3 Å². The van der Waals surface area contributed by atoms with Crippen molar-refractivity contribution < 1.29 is 57.8 Å². The van der Waals surface area contributed by atoms with Gasteiger partial charge in [-0.1, -0.05) is 56.9 Å². The highest BCUT2D eigenvalue weighted by Crippen LogP contribution is 2.40. The van der Waals surface area contributed by atoms with Crippen LogP contribution < -0.4 is 9.47 Å². The minimum atomic E-state index is -4.77. The van der Waals surface area contributed by atoms with Gasteiger partial charge in [0.25, 0.3) is 0 Å². The lowest BCUT2D eigenvalue weighted by atomic mass is 9.77. The molecule has 5 rings (SSSR count). The van der Waals surface area contributed by atoms with Crippen molar-refractivity contribution in [3.8, 4) is 22.6 Å². The van der Waals surface area contributed by atoms with Crippen molar-refractivity contribution in [2.24, 2.45) is 5.92 Å². The molecule has 1 aliphatic rings. The Bertz CT molecular complexity index is 1780. The molecule has 0 bridgehead atoms. The molecule has 2 nitrogen and oxygen atoms in total. The summed E-state index contributed by atoms with van der Waals surface area (Å²) in [6.45, 7) is 2.18. The fraction of sp³-hybridized carbons (Fsp3) is 0.385. The van der Waals surface area contributed by atoms with E-state index in [2.05, 4.69) is 16.4 Å². The molecule has 4 aromatic carbocycles. The van der Waals surface area contributed by atoms with E-state index < -0.39 is 88.4 Å². The molecule has 13 heteroatoms. The highest BCUT2D eigenvalue weighted by molar-refractivity contribution is 5.64. The zero-order valence-corrected chi connectivity index (χ0v) is 28.0. The van der Waals surface area contributed by atoms with Crippen LogP contribution in [0.25, 0.3) is 11.1 Å². The number of alkyl halides is 4. The Morgan fingerprint density at radius 3 is 1.71 bits per heavy atom. The maximum absolute atomic E-state index is 15.1. The fourth-order valence-electron chi connectivity index (χ4n) is 6.59. The van der Waals surface area contributed by atoms with Crippen LogP contribution in [-0.2, 0) is 12.5 Å². The van der Waals surface area contributed by atoms with Crippen LogP contribution in [-0.4, -0.2) is 6.11 Å². The van der Waals surface area contributed by atoms with Gasteiger partial charge in [-0.2, -0.15) is 17.6 Å². The van der Waals surface area contributed by atoms with Crippen LogP contribution in [0.4, 0.5) is 48.3 Å². The van der Waals surface area contributed by atoms with Crippen LogP contribution in [0, 0.1) is 46.6 Å². The molecule has 1 aliphatic carbocycles. The summed E-state index contributed by atoms with van der Waals surface area (Å²) >= 11 is 0. The molecule has 0 heterocycles. The molecule has 0 spiro atoms. The summed E-state index contributed by atoms with van der Waals surface area (Å²) < 4.78 is 167. The summed E-state index contributed by atoms with van der Waals surface area (Å²) in [5.74, 6) is -13.5. The third-order valence-electron chi connectivity index (χ3n) is 9.36. The number of benzene rings is 4. The van der Waals surface area contributed by atoms with E-state index in [1.807, 2.05) is 12.1 Å². The molecule has 0 amide bonds. The Balaban J connectivity index is 1.23. The molecule has 1 fully saturated rings. The summed E-state index contributed by atoms with van der Waals surface area (Å²) in [5, 5.41) is 0. The van der Waals surface area contributed by atoms with Gasteiger partial charge in [0.2, 0.25) is 0 Å². The summed E-state index contributed by atoms with van der Waals surface area (Å²) in [4.78, 5) is 0. The van der Waals surface area contributed by atoms with Gasteiger partial charge in [0.1, 0.15) is 40.3 Å². The van der Waals surface area contributed by atoms with Gasteiger partial charge in [-0.05, 0) is 72.8 Å². The van der Waals surface area contributed by atoms with Gasteiger partial charge in [-0.15, -0.1) is 0 Å². The van der Waals surface area contributed by atoms with Crippen molar-refractivity contribution in [2.75, 3.05) is 0 Å². The molecular weight excluding hydrogens is 709 g/mol. The van der Waals surface area contributed by atoms with Gasteiger partial charge in [-0.3, -0.25) is 0 Å². The third kappa shape index (κ3) is 9.38. The quantitative estimate of drug-likeness (QED) is 0.0727. The Labute approximate surface area is 293 Å². The van der Waals surface area contributed by atoms with Crippen molar-refractivity contribution in [1.82, 2.24) is 0 Å². The Kier molecular flexibility index (Phi) is 12.1. The first-order valence-electron chi connectivity index (χ1n) is 16.9. The Hall–Kier alpha value is -4.29. The lowest BCUT2D eigenvalue weighted by Crippen LogP contribution is -2.26. The molecule has 0 N–H and O–H groups in total. The first-order valence-corrected chi connectivity index (χ1v) is 16.9. The van der Waals surface area contributed by atoms with Crippen molar-refractivity contribution in [1.29, 1.82) is 0 Å². The van der Waals surface area contributed by atoms with E-state index in [1.165, 1.54) is 25.7 Å². The first kappa shape index (κ1) is 38.9. The number of hydrogen-bond donors (Lipinski definition) is 0. The average molecular weight is 745 g/mol. The molecule has 0 radical (unpaired) electrons. The highest BCUT2D eigenvalue weighted by atomic mass is 19.3. The molecular formula is C39H35F11O2. The van der Waals surface area contributed by atoms with Gasteiger partial charge < -0.3 is 9.47 Å². The summed E-state index contributed by atoms with van der Waals surface area (Å²) in [6.07, 6.45) is -2.40. The molecule has 0 unspecified atom stereocenters. The van der Waals surface area contributed by atoms with Gasteiger partial charge >= 0.3 is 12.2 Å². The molecule has 0 aromatic heterocycles. The van der Waals surface area contributed by atoms with E-state index in [4.69, 9.17) is 0 Å². The van der Waals surface area contributed by atoms with E-state index in [0.29, 0.717) is 23.6 Å². The minimum Gasteiger partial charge on any atom is -0.432 e. The second kappa shape index (κ2) is 16.2. The van der Waals surface area contributed by atoms with Crippen LogP contribution in [0.3, 0.4) is 0 Å². The number of unbranched alkanes of at least 4 members (excludes halogenated alkanes) is 2. The Morgan fingerprint density at radius 2 is 1.15 bits per heavy atom. The van der Waals surface area contributed by atoms with Crippen LogP contribution in [0.2, 0.25) is 0 Å². The lowest BCUT2D eigenvalue weighted by Gasteiger charge is -2.29. The number of ether oxygens (including phenoxy) is 2. The predicted octanol–water partition coefficient (Wildman–Crippen LogP) is 12.9. The van der Waals surface area contributed by atoms with Crippen molar-refractivity contribution in [3.63, 3.8) is 0 Å². The molecule has 0 saturated heterocycles. The van der Waals surface area contributed by atoms with Crippen molar-refractivity contribution in [3.05, 3.63) is 118 Å². The minimum absolute atomic E-state index is 0.0300. The van der Waals surface area contributed by atoms with E-state index in [0.717, 1.165) is 37.2 Å². The third-order valence-corrected chi connectivity index (χ3v) is 9.36. The standard InChI is InChI=1S/C39H35F11O2/c1-2-3-4-5-22-6-8-23(9-7-22)24-10-12-25(13-11-24)26-16-32(42)36(33(43)17-26)39(49,50)52-28-18-30(40)29(31(41)19-28)14-15-38(47,48)51-27-20-34(44)37(46)35(45)21-27/h10-13,16-23H,2-9,14-15H2,1H3. The normalized spacial score (nSPS) is 16.6. The zero-order valence-electron chi connectivity index (χ0n) is 28.0. The lowest BCUT2D eigenvalue weighted by molar-refractivity contribution is -0.189. The highest BCUT2D eigenvalue weighted by Gasteiger charge is 2.42. The first-order chi connectivity index (χ1) is 24.6. The zero-order chi connectivity index (χ0) is 37.8. The maximum Gasteiger partial charge on any atom is 0.432 e. The van der Waals surface area contributed by atoms with E-state index in [-0.39, 0.29) is 29.8 Å². The predicted molar refractivity (Wildman–Crippen MR) is 172 cm³/mol. The number of hydrogen-bond acceptors (Lipinski definition) is 2. The maximum atomic E-state index is 15.1.